The minimum absolute atomic E-state index is 0.0294. The predicted molar refractivity (Wildman–Crippen MR) is 109 cm³/mol. The monoisotopic (exact) mass is 425 g/mol. The van der Waals surface area contributed by atoms with E-state index in [0.717, 1.165) is 35.4 Å². The molecule has 1 aliphatic carbocycles. The second kappa shape index (κ2) is 8.67. The van der Waals surface area contributed by atoms with Crippen molar-refractivity contribution in [1.29, 1.82) is 0 Å². The van der Waals surface area contributed by atoms with Crippen molar-refractivity contribution >= 4 is 11.9 Å². The summed E-state index contributed by atoms with van der Waals surface area (Å²) in [4.78, 5) is 25.0. The number of halogens is 2. The van der Waals surface area contributed by atoms with E-state index in [-0.39, 0.29) is 12.1 Å². The maximum Gasteiger partial charge on any atom is 0.307 e. The first-order valence-corrected chi connectivity index (χ1v) is 9.96. The number of ether oxygens (including phenoxy) is 1. The molecule has 31 heavy (non-hydrogen) atoms. The SMILES string of the molecule is COC(=O)C[C@@H](NC(=O)c1nn(-c2ccc(F)c(F)c2)c2c1CCC2)c1ccccc1. The average Bonchev–Trinajstić information content (AvgIpc) is 3.38. The highest BCUT2D eigenvalue weighted by molar-refractivity contribution is 5.95. The number of fused-ring (bicyclic) bond motifs is 1. The van der Waals surface area contributed by atoms with E-state index in [1.807, 2.05) is 30.3 Å². The molecule has 1 atom stereocenters. The van der Waals surface area contributed by atoms with Gasteiger partial charge in [-0.05, 0) is 37.0 Å². The fourth-order valence-corrected chi connectivity index (χ4v) is 3.86. The standard InChI is InChI=1S/C23H21F2N3O3/c1-31-21(29)13-19(14-6-3-2-4-7-14)26-23(30)22-16-8-5-9-20(16)28(27-22)15-10-11-17(24)18(25)12-15/h2-4,6-7,10-12,19H,5,8-9,13H2,1H3,(H,26,30)/t19-/m1/s1. The van der Waals surface area contributed by atoms with Crippen molar-refractivity contribution in [2.75, 3.05) is 7.11 Å². The largest absolute Gasteiger partial charge is 0.469 e. The number of methoxy groups -OCH3 is 1. The second-order valence-electron chi connectivity index (χ2n) is 7.35. The quantitative estimate of drug-likeness (QED) is 0.612. The van der Waals surface area contributed by atoms with Crippen LogP contribution in [-0.2, 0) is 22.4 Å². The van der Waals surface area contributed by atoms with E-state index in [1.165, 1.54) is 17.9 Å². The number of rotatable bonds is 6. The molecule has 8 heteroatoms. The summed E-state index contributed by atoms with van der Waals surface area (Å²) in [6, 6.07) is 12.1. The highest BCUT2D eigenvalue weighted by Crippen LogP contribution is 2.29. The zero-order valence-corrected chi connectivity index (χ0v) is 16.9. The number of nitrogens with one attached hydrogen (secondary N) is 1. The first-order chi connectivity index (χ1) is 15.0. The van der Waals surface area contributed by atoms with Gasteiger partial charge in [-0.25, -0.2) is 13.5 Å². The summed E-state index contributed by atoms with van der Waals surface area (Å²) in [6.07, 6.45) is 2.15. The second-order valence-corrected chi connectivity index (χ2v) is 7.35. The molecular weight excluding hydrogens is 404 g/mol. The summed E-state index contributed by atoms with van der Waals surface area (Å²) in [6.45, 7) is 0. The molecule has 1 heterocycles. The van der Waals surface area contributed by atoms with Crippen LogP contribution < -0.4 is 5.32 Å². The van der Waals surface area contributed by atoms with Crippen LogP contribution in [0.1, 0.15) is 46.2 Å². The Hall–Kier alpha value is -3.55. The molecule has 6 nitrogen and oxygen atoms in total. The fourth-order valence-electron chi connectivity index (χ4n) is 3.86. The zero-order valence-electron chi connectivity index (χ0n) is 16.9. The van der Waals surface area contributed by atoms with E-state index in [2.05, 4.69) is 10.4 Å². The number of carbonyl (C=O) groups excluding carboxylic acids is 2. The van der Waals surface area contributed by atoms with Gasteiger partial charge >= 0.3 is 5.97 Å². The van der Waals surface area contributed by atoms with Crippen LogP contribution in [0.2, 0.25) is 0 Å². The van der Waals surface area contributed by atoms with Gasteiger partial charge in [0.1, 0.15) is 0 Å². The van der Waals surface area contributed by atoms with E-state index < -0.39 is 29.6 Å². The maximum absolute atomic E-state index is 13.8. The molecule has 160 valence electrons. The van der Waals surface area contributed by atoms with E-state index in [9.17, 15) is 18.4 Å². The van der Waals surface area contributed by atoms with Gasteiger partial charge in [-0.15, -0.1) is 0 Å². The molecule has 0 fully saturated rings. The lowest BCUT2D eigenvalue weighted by atomic mass is 10.0. The van der Waals surface area contributed by atoms with Gasteiger partial charge in [0.15, 0.2) is 17.3 Å². The minimum atomic E-state index is -0.979. The van der Waals surface area contributed by atoms with Crippen molar-refractivity contribution < 1.29 is 23.1 Å². The third kappa shape index (κ3) is 4.19. The third-order valence-corrected chi connectivity index (χ3v) is 5.40. The molecule has 0 bridgehead atoms. The van der Waals surface area contributed by atoms with Crippen molar-refractivity contribution in [2.24, 2.45) is 0 Å². The lowest BCUT2D eigenvalue weighted by Gasteiger charge is -2.18. The number of amides is 1. The van der Waals surface area contributed by atoms with Crippen LogP contribution in [0.3, 0.4) is 0 Å². The Kier molecular flexibility index (Phi) is 5.79. The van der Waals surface area contributed by atoms with Gasteiger partial charge < -0.3 is 10.1 Å². The van der Waals surface area contributed by atoms with Crippen molar-refractivity contribution in [3.05, 3.63) is 82.7 Å². The van der Waals surface area contributed by atoms with Gasteiger partial charge in [0.05, 0.1) is 25.3 Å². The molecule has 3 aromatic rings. The van der Waals surface area contributed by atoms with Crippen LogP contribution in [0.25, 0.3) is 5.69 Å². The summed E-state index contributed by atoms with van der Waals surface area (Å²) in [5.41, 5.74) is 2.93. The molecule has 0 unspecified atom stereocenters. The molecule has 0 saturated heterocycles. The minimum Gasteiger partial charge on any atom is -0.469 e. The molecule has 4 rings (SSSR count). The molecule has 1 aliphatic rings. The molecule has 2 aromatic carbocycles. The zero-order chi connectivity index (χ0) is 22.0. The molecular formula is C23H21F2N3O3. The fraction of sp³-hybridized carbons (Fsp3) is 0.261. The Morgan fingerprint density at radius 1 is 1.13 bits per heavy atom. The van der Waals surface area contributed by atoms with Gasteiger partial charge in [-0.1, -0.05) is 30.3 Å². The Morgan fingerprint density at radius 3 is 2.61 bits per heavy atom. The van der Waals surface area contributed by atoms with Gasteiger partial charge in [-0.2, -0.15) is 5.10 Å². The van der Waals surface area contributed by atoms with Gasteiger partial charge in [-0.3, -0.25) is 9.59 Å². The van der Waals surface area contributed by atoms with E-state index in [1.54, 1.807) is 0 Å². The van der Waals surface area contributed by atoms with Crippen LogP contribution in [0.4, 0.5) is 8.78 Å². The Balaban J connectivity index is 1.66. The van der Waals surface area contributed by atoms with Gasteiger partial charge in [0.2, 0.25) is 0 Å². The third-order valence-electron chi connectivity index (χ3n) is 5.40. The molecule has 0 radical (unpaired) electrons. The van der Waals surface area contributed by atoms with Crippen LogP contribution in [-0.4, -0.2) is 28.8 Å². The number of aromatic nitrogens is 2. The number of hydrogen-bond donors (Lipinski definition) is 1. The number of hydrogen-bond acceptors (Lipinski definition) is 4. The van der Waals surface area contributed by atoms with E-state index >= 15 is 0 Å². The number of benzene rings is 2. The summed E-state index contributed by atoms with van der Waals surface area (Å²) in [5.74, 6) is -2.81. The van der Waals surface area contributed by atoms with Gasteiger partial charge in [0.25, 0.3) is 5.91 Å². The first-order valence-electron chi connectivity index (χ1n) is 9.96. The van der Waals surface area contributed by atoms with Crippen LogP contribution in [0.5, 0.6) is 0 Å². The highest BCUT2D eigenvalue weighted by atomic mass is 19.2. The summed E-state index contributed by atoms with van der Waals surface area (Å²) < 4.78 is 33.4. The summed E-state index contributed by atoms with van der Waals surface area (Å²) >= 11 is 0. The number of esters is 1. The van der Waals surface area contributed by atoms with Gasteiger partial charge in [0, 0.05) is 17.3 Å². The Bertz CT molecular complexity index is 1130. The number of nitrogens with zero attached hydrogens (tertiary/aromatic N) is 2. The Morgan fingerprint density at radius 2 is 1.90 bits per heavy atom. The lowest BCUT2D eigenvalue weighted by Crippen LogP contribution is -2.31. The average molecular weight is 425 g/mol. The van der Waals surface area contributed by atoms with Crippen LogP contribution >= 0.6 is 0 Å². The smallest absolute Gasteiger partial charge is 0.307 e. The molecule has 1 aromatic heterocycles. The number of carbonyl (C=O) groups is 2. The summed E-state index contributed by atoms with van der Waals surface area (Å²) in [7, 11) is 1.29. The normalized spacial score (nSPS) is 13.5. The van der Waals surface area contributed by atoms with Crippen LogP contribution in [0, 0.1) is 11.6 Å². The van der Waals surface area contributed by atoms with Crippen molar-refractivity contribution in [2.45, 2.75) is 31.7 Å². The first kappa shape index (κ1) is 20.7. The van der Waals surface area contributed by atoms with Crippen molar-refractivity contribution in [3.8, 4) is 5.69 Å². The lowest BCUT2D eigenvalue weighted by molar-refractivity contribution is -0.141. The van der Waals surface area contributed by atoms with Crippen molar-refractivity contribution in [3.63, 3.8) is 0 Å². The highest BCUT2D eigenvalue weighted by Gasteiger charge is 2.29. The van der Waals surface area contributed by atoms with E-state index in [0.29, 0.717) is 18.5 Å². The van der Waals surface area contributed by atoms with Crippen LogP contribution in [0.15, 0.2) is 48.5 Å². The van der Waals surface area contributed by atoms with Crippen molar-refractivity contribution in [1.82, 2.24) is 15.1 Å². The maximum atomic E-state index is 13.8. The molecule has 0 saturated carbocycles. The molecule has 0 aliphatic heterocycles. The van der Waals surface area contributed by atoms with E-state index in [4.69, 9.17) is 4.74 Å². The summed E-state index contributed by atoms with van der Waals surface area (Å²) in [5, 5.41) is 7.30. The Labute approximate surface area is 177 Å². The molecule has 1 amide bonds. The predicted octanol–water partition coefficient (Wildman–Crippen LogP) is 3.67. The molecule has 1 N–H and O–H groups in total. The molecule has 0 spiro atoms. The topological polar surface area (TPSA) is 73.2 Å².